The number of ether oxygens (including phenoxy) is 2. The van der Waals surface area contributed by atoms with Gasteiger partial charge in [-0.1, -0.05) is 6.07 Å². The van der Waals surface area contributed by atoms with Crippen LogP contribution in [0.2, 0.25) is 0 Å². The van der Waals surface area contributed by atoms with Crippen LogP contribution in [0.15, 0.2) is 42.5 Å². The highest BCUT2D eigenvalue weighted by molar-refractivity contribution is 6.04. The number of likely N-dealkylation sites (tertiary alicyclic amines) is 1. The van der Waals surface area contributed by atoms with E-state index in [0.29, 0.717) is 55.8 Å². The van der Waals surface area contributed by atoms with Crippen LogP contribution < -0.4 is 10.2 Å². The van der Waals surface area contributed by atoms with Crippen molar-refractivity contribution in [3.63, 3.8) is 0 Å². The summed E-state index contributed by atoms with van der Waals surface area (Å²) in [6.45, 7) is 7.90. The molecule has 0 spiro atoms. The summed E-state index contributed by atoms with van der Waals surface area (Å²) in [6, 6.07) is 9.44. The summed E-state index contributed by atoms with van der Waals surface area (Å²) in [4.78, 5) is 44.4. The summed E-state index contributed by atoms with van der Waals surface area (Å²) in [5.41, 5.74) is 0.831. The lowest BCUT2D eigenvalue weighted by Crippen LogP contribution is -2.41. The number of alkyl halides is 3. The first kappa shape index (κ1) is 32.0. The lowest BCUT2D eigenvalue weighted by Gasteiger charge is -2.31. The normalized spacial score (nSPS) is 16.6. The van der Waals surface area contributed by atoms with Gasteiger partial charge in [0.05, 0.1) is 28.8 Å². The van der Waals surface area contributed by atoms with Gasteiger partial charge in [-0.15, -0.1) is 0 Å². The topological polar surface area (TPSA) is 106 Å². The number of piperidine rings is 1. The third-order valence-corrected chi connectivity index (χ3v) is 7.27. The number of aromatic nitrogens is 2. The maximum Gasteiger partial charge on any atom is 0.416 e. The van der Waals surface area contributed by atoms with E-state index in [1.165, 1.54) is 12.1 Å². The van der Waals surface area contributed by atoms with E-state index in [1.807, 2.05) is 31.4 Å². The molecule has 0 saturated carbocycles. The van der Waals surface area contributed by atoms with Crippen LogP contribution in [-0.4, -0.2) is 78.2 Å². The number of imidazole rings is 1. The van der Waals surface area contributed by atoms with Crippen LogP contribution in [0, 0.1) is 0 Å². The largest absolute Gasteiger partial charge is 0.416 e. The molecule has 2 aromatic carbocycles. The number of hydrogen-bond acceptors (Lipinski definition) is 6. The summed E-state index contributed by atoms with van der Waals surface area (Å²) in [6.07, 6.45) is -2.56. The molecule has 0 aliphatic carbocycles. The number of carbonyl (C=O) groups is 3. The fraction of sp³-hybridized carbons (Fsp3) is 0.467. The molecule has 2 aliphatic heterocycles. The minimum atomic E-state index is -4.58. The molecule has 43 heavy (non-hydrogen) atoms. The highest BCUT2D eigenvalue weighted by atomic mass is 19.4. The van der Waals surface area contributed by atoms with Crippen LogP contribution >= 0.6 is 0 Å². The lowest BCUT2D eigenvalue weighted by molar-refractivity contribution is -0.137. The molecule has 2 aliphatic rings. The van der Waals surface area contributed by atoms with E-state index in [2.05, 4.69) is 10.3 Å². The number of amides is 3. The van der Waals surface area contributed by atoms with Crippen molar-refractivity contribution in [3.8, 4) is 0 Å². The van der Waals surface area contributed by atoms with Crippen LogP contribution in [0.3, 0.4) is 0 Å². The smallest absolute Gasteiger partial charge is 0.379 e. The fourth-order valence-corrected chi connectivity index (χ4v) is 4.76. The Morgan fingerprint density at radius 1 is 1.09 bits per heavy atom. The molecule has 13 heteroatoms. The number of halogens is 3. The van der Waals surface area contributed by atoms with E-state index >= 15 is 0 Å². The SMILES string of the molecule is COC(C)(C)C.O=CN1CCC(n2c(NC(=O)c3cccc(C(F)(F)F)c3)nc3cc(N4CCOCC4=O)ccc32)CC1. The van der Waals surface area contributed by atoms with Crippen LogP contribution in [0.4, 0.5) is 24.8 Å². The first-order valence-corrected chi connectivity index (χ1v) is 13.9. The maximum absolute atomic E-state index is 13.2. The fourth-order valence-electron chi connectivity index (χ4n) is 4.76. The molecular weight excluding hydrogens is 567 g/mol. The van der Waals surface area contributed by atoms with Gasteiger partial charge in [0, 0.05) is 44.0 Å². The van der Waals surface area contributed by atoms with Gasteiger partial charge in [-0.05, 0) is 70.0 Å². The third-order valence-electron chi connectivity index (χ3n) is 7.27. The van der Waals surface area contributed by atoms with E-state index in [1.54, 1.807) is 29.0 Å². The van der Waals surface area contributed by atoms with Gasteiger partial charge in [-0.25, -0.2) is 4.98 Å². The Hall–Kier alpha value is -3.97. The molecule has 1 aromatic heterocycles. The summed E-state index contributed by atoms with van der Waals surface area (Å²) in [5, 5.41) is 2.69. The van der Waals surface area contributed by atoms with Gasteiger partial charge >= 0.3 is 6.18 Å². The van der Waals surface area contributed by atoms with Crippen molar-refractivity contribution >= 4 is 40.9 Å². The van der Waals surface area contributed by atoms with Crippen LogP contribution in [-0.2, 0) is 25.2 Å². The molecule has 0 atom stereocenters. The number of nitrogens with one attached hydrogen (secondary N) is 1. The molecule has 3 aromatic rings. The van der Waals surface area contributed by atoms with Crippen molar-refractivity contribution in [1.82, 2.24) is 14.5 Å². The highest BCUT2D eigenvalue weighted by Crippen LogP contribution is 2.34. The molecule has 5 rings (SSSR count). The Balaban J connectivity index is 0.000000641. The maximum atomic E-state index is 13.2. The minimum Gasteiger partial charge on any atom is -0.379 e. The second-order valence-corrected chi connectivity index (χ2v) is 11.3. The minimum absolute atomic E-state index is 0.0138. The number of benzene rings is 2. The summed E-state index contributed by atoms with van der Waals surface area (Å²) in [5.74, 6) is -0.715. The number of carbonyl (C=O) groups excluding carboxylic acids is 3. The van der Waals surface area contributed by atoms with Gasteiger partial charge in [-0.2, -0.15) is 13.2 Å². The zero-order chi connectivity index (χ0) is 31.4. The van der Waals surface area contributed by atoms with Gasteiger partial charge in [0.1, 0.15) is 6.61 Å². The molecule has 3 amide bonds. The highest BCUT2D eigenvalue weighted by Gasteiger charge is 2.31. The van der Waals surface area contributed by atoms with Gasteiger partial charge < -0.3 is 23.8 Å². The molecule has 2 saturated heterocycles. The quantitative estimate of drug-likeness (QED) is 0.416. The summed E-state index contributed by atoms with van der Waals surface area (Å²) < 4.78 is 51.5. The van der Waals surface area contributed by atoms with Gasteiger partial charge in [0.2, 0.25) is 12.4 Å². The van der Waals surface area contributed by atoms with E-state index in [9.17, 15) is 27.6 Å². The summed E-state index contributed by atoms with van der Waals surface area (Å²) in [7, 11) is 1.71. The lowest BCUT2D eigenvalue weighted by atomic mass is 10.0. The Kier molecular flexibility index (Phi) is 9.75. The first-order valence-electron chi connectivity index (χ1n) is 13.9. The third kappa shape index (κ3) is 7.90. The van der Waals surface area contributed by atoms with Crippen LogP contribution in [0.25, 0.3) is 11.0 Å². The van der Waals surface area contributed by atoms with Gasteiger partial charge in [0.25, 0.3) is 11.8 Å². The van der Waals surface area contributed by atoms with E-state index < -0.39 is 17.6 Å². The molecule has 0 radical (unpaired) electrons. The van der Waals surface area contributed by atoms with E-state index in [4.69, 9.17) is 9.47 Å². The Morgan fingerprint density at radius 3 is 2.40 bits per heavy atom. The number of nitrogens with zero attached hydrogens (tertiary/aromatic N) is 4. The van der Waals surface area contributed by atoms with Crippen molar-refractivity contribution in [2.24, 2.45) is 0 Å². The Bertz CT molecular complexity index is 1460. The van der Waals surface area contributed by atoms with Gasteiger partial charge in [-0.3, -0.25) is 19.7 Å². The van der Waals surface area contributed by atoms with Gasteiger partial charge in [0.15, 0.2) is 0 Å². The van der Waals surface area contributed by atoms with Crippen LogP contribution in [0.1, 0.15) is 55.6 Å². The molecular formula is C30H36F3N5O5. The molecule has 3 heterocycles. The molecule has 2 fully saturated rings. The zero-order valence-corrected chi connectivity index (χ0v) is 24.6. The van der Waals surface area contributed by atoms with E-state index in [0.717, 1.165) is 18.5 Å². The standard InChI is InChI=1S/C25H24F3N5O4.C5H12O/c26-25(27,28)17-3-1-2-16(12-17)23(36)30-24-29-20-13-19(32-10-11-37-14-22(32)35)4-5-21(20)33(24)18-6-8-31(15-34)9-7-18;1-5(2,3)6-4/h1-5,12-13,15,18H,6-11,14H2,(H,29,30,36);1-4H3. The molecule has 10 nitrogen and oxygen atoms in total. The molecule has 232 valence electrons. The second kappa shape index (κ2) is 13.1. The average Bonchev–Trinajstić information content (AvgIpc) is 3.34. The Labute approximate surface area is 247 Å². The van der Waals surface area contributed by atoms with Crippen molar-refractivity contribution in [2.75, 3.05) is 50.2 Å². The van der Waals surface area contributed by atoms with E-state index in [-0.39, 0.29) is 35.7 Å². The zero-order valence-electron chi connectivity index (χ0n) is 24.6. The predicted octanol–water partition coefficient (Wildman–Crippen LogP) is 4.90. The second-order valence-electron chi connectivity index (χ2n) is 11.3. The number of hydrogen-bond donors (Lipinski definition) is 1. The average molecular weight is 604 g/mol. The number of methoxy groups -OCH3 is 1. The molecule has 0 bridgehead atoms. The van der Waals surface area contributed by atoms with Crippen molar-refractivity contribution in [1.29, 1.82) is 0 Å². The summed E-state index contributed by atoms with van der Waals surface area (Å²) >= 11 is 0. The number of anilines is 2. The Morgan fingerprint density at radius 2 is 1.79 bits per heavy atom. The number of morpholine rings is 1. The van der Waals surface area contributed by atoms with Crippen LogP contribution in [0.5, 0.6) is 0 Å². The van der Waals surface area contributed by atoms with Crippen molar-refractivity contribution in [3.05, 3.63) is 53.6 Å². The van der Waals surface area contributed by atoms with Crippen molar-refractivity contribution < 1.29 is 37.0 Å². The number of fused-ring (bicyclic) bond motifs is 1. The molecule has 0 unspecified atom stereocenters. The predicted molar refractivity (Wildman–Crippen MR) is 155 cm³/mol. The molecule has 1 N–H and O–H groups in total. The van der Waals surface area contributed by atoms with Crippen molar-refractivity contribution in [2.45, 2.75) is 51.4 Å². The monoisotopic (exact) mass is 603 g/mol. The first-order chi connectivity index (χ1) is 20.3. The number of rotatable bonds is 5.